The van der Waals surface area contributed by atoms with Crippen molar-refractivity contribution in [2.24, 2.45) is 94.7 Å². The van der Waals surface area contributed by atoms with Gasteiger partial charge >= 0.3 is 24.2 Å². The van der Waals surface area contributed by atoms with E-state index in [1.54, 1.807) is 27.7 Å². The minimum absolute atomic E-state index is 0.0197. The average molecular weight is 1870 g/mol. The first-order valence-electron chi connectivity index (χ1n) is 47.5. The van der Waals surface area contributed by atoms with Crippen LogP contribution in [0.1, 0.15) is 384 Å². The number of rotatable bonds is 44. The number of nitrogens with one attached hydrogen (secondary N) is 6. The van der Waals surface area contributed by atoms with Crippen molar-refractivity contribution in [3.63, 3.8) is 0 Å². The van der Waals surface area contributed by atoms with Crippen molar-refractivity contribution in [1.82, 2.24) is 31.3 Å². The summed E-state index contributed by atoms with van der Waals surface area (Å²) in [7, 11) is -8.62. The standard InChI is InChI=1S/C9H18O2.2C9H18O.C8H18N2O.2C8H17NO2.C8H17NO.2C8H18O2S.C8H16O2.C8H18O.C7H17NO2S/c1-7(2)5-9(10)6-11-8(3)4;1-7(2)5-9(10)6-8(3)4;1-7(2)5-6-9(10)8(3)4;1-6(2)5-9-8(11)10-7(3)4;1-6(2)5-11-8(10)9-7(3)4;1-6(2)5-9-8(10)11-7(3)4;1-6(2)5-9-8(10)7(3)4;1-7(2)5-11(9,10)6-8(3)4;1-7(2)5-6-11(9,10)8(3)4;1-6(2)5-8(9)10-7(3)4;1-7(2)5-6-9-8(3)4;1-6(2)5-8-11(9,10)7(3)4/h7-8H,5-6H2,1-4H3;2*7-8H,5-6H2,1-4H3;6-7H,5H2,1-4H3,(H2,9,10,11);2*6-7H,5H2,1-4H3,(H,9,10);6-7H,5H2,1-4H3,(H,9,10);2*7-8H,5-6H2,1-4H3;6-7H,5H2,1-4H3;7-8H,5-6H2,1-4H3;6-8H,5H2,1-4H3. The molecule has 0 aliphatic carbocycles. The van der Waals surface area contributed by atoms with Gasteiger partial charge in [0.05, 0.1) is 58.8 Å². The van der Waals surface area contributed by atoms with E-state index in [2.05, 4.69) is 128 Å². The second-order valence-electron chi connectivity index (χ2n) is 41.0. The predicted molar refractivity (Wildman–Crippen MR) is 536 cm³/mol. The number of carbonyl (C=O) groups is 8. The van der Waals surface area contributed by atoms with Crippen LogP contribution in [0, 0.1) is 94.7 Å². The van der Waals surface area contributed by atoms with Gasteiger partial charge in [0.25, 0.3) is 0 Å². The van der Waals surface area contributed by atoms with Crippen molar-refractivity contribution in [2.75, 3.05) is 63.3 Å². The summed E-state index contributed by atoms with van der Waals surface area (Å²) in [5.74, 6) is 8.93. The van der Waals surface area contributed by atoms with Crippen molar-refractivity contribution < 1.29 is 87.3 Å². The number of Topliss-reactive ketones (excluding diaryl/α,β-unsaturated/α-hetero) is 3. The van der Waals surface area contributed by atoms with Crippen molar-refractivity contribution in [3.8, 4) is 0 Å². The molecule has 764 valence electrons. The molecule has 0 bridgehead atoms. The molecule has 0 saturated heterocycles. The van der Waals surface area contributed by atoms with Gasteiger partial charge in [-0.2, -0.15) is 0 Å². The lowest BCUT2D eigenvalue weighted by Gasteiger charge is -2.11. The van der Waals surface area contributed by atoms with E-state index in [1.807, 2.05) is 208 Å². The molecule has 25 nitrogen and oxygen atoms in total. The summed E-state index contributed by atoms with van der Waals surface area (Å²) in [4.78, 5) is 87.5. The molecule has 0 aromatic carbocycles. The highest BCUT2D eigenvalue weighted by molar-refractivity contribution is 7.92. The number of alkyl carbamates (subject to hydrolysis) is 2. The molecule has 0 aliphatic heterocycles. The number of ether oxygens (including phenoxy) is 5. The van der Waals surface area contributed by atoms with Crippen molar-refractivity contribution in [1.29, 1.82) is 0 Å². The minimum atomic E-state index is -3.04. The summed E-state index contributed by atoms with van der Waals surface area (Å²) in [5.41, 5.74) is 0. The van der Waals surface area contributed by atoms with Crippen LogP contribution in [-0.4, -0.2) is 183 Å². The number of hydrogen-bond acceptors (Lipinski definition) is 19. The number of carbonyl (C=O) groups excluding carboxylic acids is 8. The summed E-state index contributed by atoms with van der Waals surface area (Å²) in [6.45, 7) is 99.2. The lowest BCUT2D eigenvalue weighted by molar-refractivity contribution is -0.148. The van der Waals surface area contributed by atoms with E-state index in [-0.39, 0.29) is 107 Å². The van der Waals surface area contributed by atoms with Gasteiger partial charge in [0.1, 0.15) is 18.2 Å². The van der Waals surface area contributed by atoms with E-state index in [4.69, 9.17) is 23.7 Å². The summed E-state index contributed by atoms with van der Waals surface area (Å²) in [5, 5.41) is 13.1. The molecular weight excluding hydrogens is 1660 g/mol. The van der Waals surface area contributed by atoms with Crippen molar-refractivity contribution in [3.05, 3.63) is 0 Å². The Kier molecular flexibility index (Phi) is 105. The molecular formula is C98H210N6O19S3. The fraction of sp³-hybridized carbons (Fsp3) is 0.918. The smallest absolute Gasteiger partial charge is 0.407 e. The third-order valence-electron chi connectivity index (χ3n) is 14.6. The van der Waals surface area contributed by atoms with Crippen LogP contribution >= 0.6 is 0 Å². The fourth-order valence-electron chi connectivity index (χ4n) is 8.02. The average Bonchev–Trinajstić information content (AvgIpc) is 0.911. The number of amides is 5. The summed E-state index contributed by atoms with van der Waals surface area (Å²) in [6.07, 6.45) is 6.29. The van der Waals surface area contributed by atoms with Crippen LogP contribution < -0.4 is 31.3 Å². The molecule has 5 amide bonds. The lowest BCUT2D eigenvalue weighted by Crippen LogP contribution is -2.40. The van der Waals surface area contributed by atoms with E-state index in [9.17, 15) is 63.6 Å². The lowest BCUT2D eigenvalue weighted by atomic mass is 10.00. The normalized spacial score (nSPS) is 11.3. The molecule has 0 aliphatic rings. The van der Waals surface area contributed by atoms with Gasteiger partial charge in [-0.15, -0.1) is 0 Å². The van der Waals surface area contributed by atoms with Crippen LogP contribution in [0.5, 0.6) is 0 Å². The van der Waals surface area contributed by atoms with Crippen LogP contribution in [0.4, 0.5) is 14.4 Å². The van der Waals surface area contributed by atoms with Crippen LogP contribution in [0.25, 0.3) is 0 Å². The molecule has 0 heterocycles. The summed E-state index contributed by atoms with van der Waals surface area (Å²) >= 11 is 0. The topological polar surface area (TPSA) is 357 Å². The number of sulfone groups is 2. The maximum Gasteiger partial charge on any atom is 0.407 e. The monoisotopic (exact) mass is 1870 g/mol. The molecule has 0 aromatic rings. The predicted octanol–water partition coefficient (Wildman–Crippen LogP) is 22.6. The highest BCUT2D eigenvalue weighted by Crippen LogP contribution is 2.12. The molecule has 0 unspecified atom stereocenters. The molecule has 0 saturated carbocycles. The molecule has 6 N–H and O–H groups in total. The maximum absolute atomic E-state index is 11.3. The molecule has 0 spiro atoms. The highest BCUT2D eigenvalue weighted by atomic mass is 32.2. The third-order valence-corrected chi connectivity index (χ3v) is 21.0. The van der Waals surface area contributed by atoms with E-state index in [0.29, 0.717) is 133 Å². The second-order valence-corrected chi connectivity index (χ2v) is 48.2. The fourth-order valence-corrected chi connectivity index (χ4v) is 12.4. The van der Waals surface area contributed by atoms with Crippen molar-refractivity contribution in [2.45, 2.75) is 431 Å². The zero-order chi connectivity index (χ0) is 102. The number of sulfonamides is 1. The Bertz CT molecular complexity index is 2650. The van der Waals surface area contributed by atoms with Crippen LogP contribution in [0.3, 0.4) is 0 Å². The molecule has 0 radical (unpaired) electrons. The van der Waals surface area contributed by atoms with Gasteiger partial charge in [-0.25, -0.2) is 44.4 Å². The number of hydrogen-bond donors (Lipinski definition) is 6. The second kappa shape index (κ2) is 89.7. The number of urea groups is 1. The quantitative estimate of drug-likeness (QED) is 0.0244. The van der Waals surface area contributed by atoms with Gasteiger partial charge in [-0.1, -0.05) is 222 Å². The Hall–Kier alpha value is -4.51. The van der Waals surface area contributed by atoms with Crippen LogP contribution in [-0.2, 0) is 77.4 Å². The Balaban J connectivity index is -0.000000113. The minimum Gasteiger partial charge on any atom is -0.463 e. The third kappa shape index (κ3) is 151. The first kappa shape index (κ1) is 147. The SMILES string of the molecule is CC(C)CC(=O)CC(C)C.CC(C)CC(=O)COC(C)C.CC(C)CC(=O)OC(C)C.CC(C)CCC(=O)C(C)C.CC(C)CCOC(C)C.CC(C)CCS(=O)(=O)C(C)C.CC(C)CNC(=O)C(C)C.CC(C)CNC(=O)NC(C)C.CC(C)CNC(=O)OC(C)C.CC(C)CNS(=O)(=O)C(C)C.CC(C)COC(=O)NC(C)C.CC(C)CS(=O)(=O)CC(C)C. The van der Waals surface area contributed by atoms with E-state index in [1.165, 1.54) is 6.42 Å². The van der Waals surface area contributed by atoms with E-state index >= 15 is 0 Å². The largest absolute Gasteiger partial charge is 0.463 e. The van der Waals surface area contributed by atoms with Gasteiger partial charge in [-0.3, -0.25) is 24.0 Å². The Morgan fingerprint density at radius 3 is 0.992 bits per heavy atom. The summed E-state index contributed by atoms with van der Waals surface area (Å²) < 4.78 is 94.9. The Morgan fingerprint density at radius 2 is 0.690 bits per heavy atom. The van der Waals surface area contributed by atoms with Gasteiger partial charge in [0.15, 0.2) is 25.5 Å². The first-order valence-corrected chi connectivity index (χ1v) is 52.5. The number of esters is 1. The molecule has 126 heavy (non-hydrogen) atoms. The van der Waals surface area contributed by atoms with Gasteiger partial charge < -0.3 is 50.3 Å². The molecule has 0 rings (SSSR count). The molecule has 0 fully saturated rings. The zero-order valence-corrected chi connectivity index (χ0v) is 93.0. The van der Waals surface area contributed by atoms with E-state index < -0.39 is 29.7 Å². The van der Waals surface area contributed by atoms with Gasteiger partial charge in [-0.05, 0) is 213 Å². The summed E-state index contributed by atoms with van der Waals surface area (Å²) in [6, 6.07) is 0.283. The number of ketones is 3. The van der Waals surface area contributed by atoms with Gasteiger partial charge in [0, 0.05) is 88.8 Å². The molecule has 0 atom stereocenters. The maximum atomic E-state index is 11.3. The van der Waals surface area contributed by atoms with Crippen molar-refractivity contribution >= 4 is 77.1 Å². The van der Waals surface area contributed by atoms with Crippen LogP contribution in [0.2, 0.25) is 0 Å². The van der Waals surface area contributed by atoms with E-state index in [0.717, 1.165) is 57.7 Å². The van der Waals surface area contributed by atoms with Crippen LogP contribution in [0.15, 0.2) is 0 Å². The first-order chi connectivity index (χ1) is 56.9. The zero-order valence-electron chi connectivity index (χ0n) is 90.6. The van der Waals surface area contributed by atoms with Gasteiger partial charge in [0.2, 0.25) is 15.9 Å². The Morgan fingerprint density at radius 1 is 0.317 bits per heavy atom. The highest BCUT2D eigenvalue weighted by Gasteiger charge is 2.19. The molecule has 28 heteroatoms. The Labute approximate surface area is 779 Å². The molecule has 0 aromatic heterocycles.